The molecule has 0 aromatic heterocycles. The molecular formula is C10H11FN2O2. The summed E-state index contributed by atoms with van der Waals surface area (Å²) >= 11 is 0. The molecule has 1 atom stereocenters. The summed E-state index contributed by atoms with van der Waals surface area (Å²) in [6.45, 7) is -0.366. The number of hydrogen-bond acceptors (Lipinski definition) is 4. The van der Waals surface area contributed by atoms with Crippen LogP contribution in [0, 0.1) is 17.1 Å². The summed E-state index contributed by atoms with van der Waals surface area (Å²) in [7, 11) is 0. The highest BCUT2D eigenvalue weighted by Crippen LogP contribution is 2.15. The predicted molar refractivity (Wildman–Crippen MR) is 52.7 cm³/mol. The van der Waals surface area contributed by atoms with Gasteiger partial charge < -0.3 is 15.5 Å². The van der Waals surface area contributed by atoms with Crippen molar-refractivity contribution in [1.82, 2.24) is 0 Å². The number of aliphatic hydroxyl groups excluding tert-OH is 2. The van der Waals surface area contributed by atoms with Crippen LogP contribution in [0.25, 0.3) is 0 Å². The van der Waals surface area contributed by atoms with Crippen LogP contribution in [0.15, 0.2) is 18.2 Å². The van der Waals surface area contributed by atoms with E-state index in [0.29, 0.717) is 5.56 Å². The fourth-order valence-corrected chi connectivity index (χ4v) is 1.02. The largest absolute Gasteiger partial charge is 0.394 e. The third-order valence-corrected chi connectivity index (χ3v) is 1.83. The lowest BCUT2D eigenvalue weighted by Gasteiger charge is -2.10. The number of hydrogen-bond donors (Lipinski definition) is 3. The van der Waals surface area contributed by atoms with Gasteiger partial charge in [-0.1, -0.05) is 0 Å². The molecule has 15 heavy (non-hydrogen) atoms. The third kappa shape index (κ3) is 3.20. The molecule has 0 saturated carbocycles. The molecule has 0 aliphatic heterocycles. The summed E-state index contributed by atoms with van der Waals surface area (Å²) in [5.74, 6) is -0.501. The van der Waals surface area contributed by atoms with E-state index in [1.165, 1.54) is 18.2 Å². The first kappa shape index (κ1) is 11.4. The Labute approximate surface area is 86.6 Å². The molecule has 3 N–H and O–H groups in total. The molecule has 0 amide bonds. The van der Waals surface area contributed by atoms with Crippen molar-refractivity contribution >= 4 is 5.69 Å². The van der Waals surface area contributed by atoms with Gasteiger partial charge in [0.05, 0.1) is 30.0 Å². The number of rotatable bonds is 4. The van der Waals surface area contributed by atoms with Crippen LogP contribution in [0.3, 0.4) is 0 Å². The molecule has 0 saturated heterocycles. The summed E-state index contributed by atoms with van der Waals surface area (Å²) in [5, 5.41) is 28.8. The molecule has 0 radical (unpaired) electrons. The molecular weight excluding hydrogens is 199 g/mol. The van der Waals surface area contributed by atoms with Crippen LogP contribution < -0.4 is 5.32 Å². The standard InChI is InChI=1S/C10H11FN2O2/c11-9-2-1-7(4-12)3-10(9)13-5-8(15)6-14/h1-3,8,13-15H,5-6H2. The van der Waals surface area contributed by atoms with E-state index in [9.17, 15) is 4.39 Å². The molecule has 1 aromatic carbocycles. The highest BCUT2D eigenvalue weighted by molar-refractivity contribution is 5.50. The average molecular weight is 210 g/mol. The van der Waals surface area contributed by atoms with Crippen LogP contribution in [-0.2, 0) is 0 Å². The molecule has 1 aromatic rings. The molecule has 0 heterocycles. The monoisotopic (exact) mass is 210 g/mol. The van der Waals surface area contributed by atoms with E-state index in [4.69, 9.17) is 15.5 Å². The van der Waals surface area contributed by atoms with E-state index in [0.717, 1.165) is 0 Å². The molecule has 5 heteroatoms. The van der Waals surface area contributed by atoms with E-state index >= 15 is 0 Å². The zero-order valence-electron chi connectivity index (χ0n) is 7.94. The minimum Gasteiger partial charge on any atom is -0.394 e. The molecule has 0 fully saturated rings. The van der Waals surface area contributed by atoms with Gasteiger partial charge in [-0.15, -0.1) is 0 Å². The average Bonchev–Trinajstić information content (AvgIpc) is 2.27. The Balaban J connectivity index is 2.72. The van der Waals surface area contributed by atoms with Gasteiger partial charge in [0.25, 0.3) is 0 Å². The second-order valence-corrected chi connectivity index (χ2v) is 3.02. The maximum Gasteiger partial charge on any atom is 0.146 e. The third-order valence-electron chi connectivity index (χ3n) is 1.83. The second kappa shape index (κ2) is 5.29. The number of aliphatic hydroxyl groups is 2. The molecule has 0 aliphatic carbocycles. The van der Waals surface area contributed by atoms with E-state index in [2.05, 4.69) is 5.32 Å². The van der Waals surface area contributed by atoms with Crippen molar-refractivity contribution in [1.29, 1.82) is 5.26 Å². The lowest BCUT2D eigenvalue weighted by molar-refractivity contribution is 0.105. The molecule has 4 nitrogen and oxygen atoms in total. The number of benzene rings is 1. The fourth-order valence-electron chi connectivity index (χ4n) is 1.02. The number of nitriles is 1. The Kier molecular flexibility index (Phi) is 4.03. The highest BCUT2D eigenvalue weighted by Gasteiger charge is 2.06. The van der Waals surface area contributed by atoms with Gasteiger partial charge in [-0.05, 0) is 18.2 Å². The van der Waals surface area contributed by atoms with Crippen LogP contribution in [-0.4, -0.2) is 29.5 Å². The second-order valence-electron chi connectivity index (χ2n) is 3.02. The molecule has 1 rings (SSSR count). The van der Waals surface area contributed by atoms with Crippen molar-refractivity contribution in [3.05, 3.63) is 29.6 Å². The maximum absolute atomic E-state index is 13.1. The van der Waals surface area contributed by atoms with Crippen LogP contribution in [0.5, 0.6) is 0 Å². The zero-order chi connectivity index (χ0) is 11.3. The Morgan fingerprint density at radius 2 is 2.27 bits per heavy atom. The smallest absolute Gasteiger partial charge is 0.146 e. The van der Waals surface area contributed by atoms with Gasteiger partial charge in [-0.3, -0.25) is 0 Å². The molecule has 80 valence electrons. The molecule has 0 aliphatic rings. The Morgan fingerprint density at radius 1 is 1.53 bits per heavy atom. The number of nitrogens with zero attached hydrogens (tertiary/aromatic N) is 1. The van der Waals surface area contributed by atoms with Gasteiger partial charge in [-0.2, -0.15) is 5.26 Å². The molecule has 0 spiro atoms. The van der Waals surface area contributed by atoms with Crippen molar-refractivity contribution in [3.8, 4) is 6.07 Å². The van der Waals surface area contributed by atoms with Crippen LogP contribution in [0.4, 0.5) is 10.1 Å². The van der Waals surface area contributed by atoms with Crippen molar-refractivity contribution in [3.63, 3.8) is 0 Å². The lowest BCUT2D eigenvalue weighted by atomic mass is 10.2. The van der Waals surface area contributed by atoms with E-state index < -0.39 is 18.5 Å². The SMILES string of the molecule is N#Cc1ccc(F)c(NCC(O)CO)c1. The van der Waals surface area contributed by atoms with Crippen LogP contribution >= 0.6 is 0 Å². The normalized spacial score (nSPS) is 11.9. The van der Waals surface area contributed by atoms with Gasteiger partial charge in [0.2, 0.25) is 0 Å². The fraction of sp³-hybridized carbons (Fsp3) is 0.300. The summed E-state index contributed by atoms with van der Waals surface area (Å²) < 4.78 is 13.1. The van der Waals surface area contributed by atoms with Crippen LogP contribution in [0.1, 0.15) is 5.56 Å². The van der Waals surface area contributed by atoms with E-state index in [1.54, 1.807) is 0 Å². The quantitative estimate of drug-likeness (QED) is 0.675. The van der Waals surface area contributed by atoms with Crippen LogP contribution in [0.2, 0.25) is 0 Å². The Hall–Kier alpha value is -1.64. The zero-order valence-corrected chi connectivity index (χ0v) is 7.94. The number of nitrogens with one attached hydrogen (secondary N) is 1. The maximum atomic E-state index is 13.1. The van der Waals surface area contributed by atoms with Crippen molar-refractivity contribution in [2.24, 2.45) is 0 Å². The minimum atomic E-state index is -0.949. The summed E-state index contributed by atoms with van der Waals surface area (Å²) in [4.78, 5) is 0. The first-order chi connectivity index (χ1) is 7.17. The summed E-state index contributed by atoms with van der Waals surface area (Å²) in [6, 6.07) is 5.76. The first-order valence-electron chi connectivity index (χ1n) is 4.40. The van der Waals surface area contributed by atoms with Gasteiger partial charge in [-0.25, -0.2) is 4.39 Å². The van der Waals surface area contributed by atoms with Crippen molar-refractivity contribution in [2.45, 2.75) is 6.10 Å². The van der Waals surface area contributed by atoms with E-state index in [-0.39, 0.29) is 12.2 Å². The minimum absolute atomic E-state index is 0.0301. The Bertz CT molecular complexity index is 376. The van der Waals surface area contributed by atoms with Gasteiger partial charge in [0, 0.05) is 6.54 Å². The van der Waals surface area contributed by atoms with Gasteiger partial charge >= 0.3 is 0 Å². The first-order valence-corrected chi connectivity index (χ1v) is 4.40. The lowest BCUT2D eigenvalue weighted by Crippen LogP contribution is -2.23. The van der Waals surface area contributed by atoms with Crippen molar-refractivity contribution < 1.29 is 14.6 Å². The molecule has 1 unspecified atom stereocenters. The van der Waals surface area contributed by atoms with Gasteiger partial charge in [0.1, 0.15) is 5.82 Å². The Morgan fingerprint density at radius 3 is 2.87 bits per heavy atom. The predicted octanol–water partition coefficient (Wildman–Crippen LogP) is 0.462. The number of anilines is 1. The number of halogens is 1. The summed E-state index contributed by atoms with van der Waals surface area (Å²) in [6.07, 6.45) is -0.949. The van der Waals surface area contributed by atoms with Gasteiger partial charge in [0.15, 0.2) is 0 Å². The highest BCUT2D eigenvalue weighted by atomic mass is 19.1. The summed E-state index contributed by atoms with van der Waals surface area (Å²) in [5.41, 5.74) is 0.471. The molecule has 0 bridgehead atoms. The van der Waals surface area contributed by atoms with Crippen molar-refractivity contribution in [2.75, 3.05) is 18.5 Å². The van der Waals surface area contributed by atoms with E-state index in [1.807, 2.05) is 6.07 Å². The topological polar surface area (TPSA) is 76.3 Å².